The fourth-order valence-corrected chi connectivity index (χ4v) is 3.00. The maximum Gasteiger partial charge on any atom is 0.411 e. The van der Waals surface area contributed by atoms with Gasteiger partial charge in [-0.2, -0.15) is 0 Å². The number of ether oxygens (including phenoxy) is 2. The molecule has 0 aromatic heterocycles. The zero-order valence-electron chi connectivity index (χ0n) is 15.0. The number of rotatable bonds is 4. The van der Waals surface area contributed by atoms with Crippen molar-refractivity contribution in [3.8, 4) is 0 Å². The van der Waals surface area contributed by atoms with Crippen molar-refractivity contribution < 1.29 is 19.1 Å². The summed E-state index contributed by atoms with van der Waals surface area (Å²) in [5.74, 6) is -0.131. The topological polar surface area (TPSA) is 55.8 Å². The molecule has 24 heavy (non-hydrogen) atoms. The third-order valence-electron chi connectivity index (χ3n) is 3.94. The molecular weight excluding hydrogens is 306 g/mol. The second kappa shape index (κ2) is 7.69. The molecule has 1 amide bonds. The highest BCUT2D eigenvalue weighted by Gasteiger charge is 2.42. The van der Waals surface area contributed by atoms with Crippen molar-refractivity contribution in [3.05, 3.63) is 35.9 Å². The molecule has 1 aliphatic heterocycles. The number of benzene rings is 1. The van der Waals surface area contributed by atoms with E-state index in [2.05, 4.69) is 12.1 Å². The van der Waals surface area contributed by atoms with Crippen LogP contribution in [0.3, 0.4) is 0 Å². The van der Waals surface area contributed by atoms with Crippen LogP contribution in [0.25, 0.3) is 0 Å². The molecule has 0 spiro atoms. The lowest BCUT2D eigenvalue weighted by atomic mass is 9.97. The summed E-state index contributed by atoms with van der Waals surface area (Å²) >= 11 is 0. The second-order valence-corrected chi connectivity index (χ2v) is 7.19. The molecule has 1 aromatic carbocycles. The fraction of sp³-hybridized carbons (Fsp3) is 0.579. The molecule has 0 N–H and O–H groups in total. The van der Waals surface area contributed by atoms with Gasteiger partial charge in [0.05, 0.1) is 6.61 Å². The Kier molecular flexibility index (Phi) is 5.86. The van der Waals surface area contributed by atoms with Crippen LogP contribution in [0, 0.1) is 5.92 Å². The van der Waals surface area contributed by atoms with Gasteiger partial charge in [-0.05, 0) is 52.0 Å². The van der Waals surface area contributed by atoms with Crippen LogP contribution < -0.4 is 0 Å². The molecule has 1 saturated heterocycles. The van der Waals surface area contributed by atoms with E-state index in [1.54, 1.807) is 6.92 Å². The Hall–Kier alpha value is -2.04. The molecular formula is C19H27NO4. The number of likely N-dealkylation sites (tertiary alicyclic amines) is 1. The summed E-state index contributed by atoms with van der Waals surface area (Å²) in [6, 6.07) is 9.54. The zero-order valence-corrected chi connectivity index (χ0v) is 15.0. The number of carbonyl (C=O) groups is 2. The van der Waals surface area contributed by atoms with Crippen molar-refractivity contribution in [3.63, 3.8) is 0 Å². The quantitative estimate of drug-likeness (QED) is 0.792. The van der Waals surface area contributed by atoms with Crippen LogP contribution in [-0.2, 0) is 20.7 Å². The lowest BCUT2D eigenvalue weighted by molar-refractivity contribution is -0.148. The summed E-state index contributed by atoms with van der Waals surface area (Å²) in [4.78, 5) is 26.3. The van der Waals surface area contributed by atoms with Crippen molar-refractivity contribution in [1.82, 2.24) is 4.90 Å². The standard InChI is InChI=1S/C19H27NO4/c1-5-23-17(21)16-12-15(11-14-9-7-6-8-10-14)13-20(16)18(22)24-19(2,3)4/h6-10,15-16H,5,11-13H2,1-4H3/t15-,16+/m1/s1. The summed E-state index contributed by atoms with van der Waals surface area (Å²) < 4.78 is 10.6. The average molecular weight is 333 g/mol. The van der Waals surface area contributed by atoms with Gasteiger partial charge in [0.15, 0.2) is 0 Å². The number of carbonyl (C=O) groups excluding carboxylic acids is 2. The highest BCUT2D eigenvalue weighted by Crippen LogP contribution is 2.29. The van der Waals surface area contributed by atoms with E-state index in [-0.39, 0.29) is 11.9 Å². The predicted octanol–water partition coefficient (Wildman–Crippen LogP) is 3.42. The van der Waals surface area contributed by atoms with Gasteiger partial charge in [-0.25, -0.2) is 9.59 Å². The number of esters is 1. The van der Waals surface area contributed by atoms with E-state index in [9.17, 15) is 9.59 Å². The number of hydrogen-bond acceptors (Lipinski definition) is 4. The third-order valence-corrected chi connectivity index (χ3v) is 3.94. The van der Waals surface area contributed by atoms with E-state index in [0.29, 0.717) is 19.6 Å². The molecule has 0 aliphatic carbocycles. The number of amides is 1. The van der Waals surface area contributed by atoms with Crippen LogP contribution in [0.1, 0.15) is 39.7 Å². The van der Waals surface area contributed by atoms with E-state index in [1.807, 2.05) is 39.0 Å². The summed E-state index contributed by atoms with van der Waals surface area (Å²) in [5, 5.41) is 0. The van der Waals surface area contributed by atoms with Crippen LogP contribution in [-0.4, -0.2) is 41.8 Å². The van der Waals surface area contributed by atoms with Gasteiger partial charge in [-0.1, -0.05) is 30.3 Å². The average Bonchev–Trinajstić information content (AvgIpc) is 2.91. The molecule has 5 heteroatoms. The molecule has 1 heterocycles. The maximum absolute atomic E-state index is 12.5. The highest BCUT2D eigenvalue weighted by atomic mass is 16.6. The molecule has 0 bridgehead atoms. The molecule has 1 fully saturated rings. The van der Waals surface area contributed by atoms with Gasteiger partial charge in [0.1, 0.15) is 11.6 Å². The minimum absolute atomic E-state index is 0.217. The van der Waals surface area contributed by atoms with Crippen LogP contribution in [0.2, 0.25) is 0 Å². The van der Waals surface area contributed by atoms with Crippen molar-refractivity contribution in [2.24, 2.45) is 5.92 Å². The largest absolute Gasteiger partial charge is 0.464 e. The lowest BCUT2D eigenvalue weighted by Crippen LogP contribution is -2.44. The normalized spacial score (nSPS) is 20.8. The van der Waals surface area contributed by atoms with E-state index in [0.717, 1.165) is 6.42 Å². The lowest BCUT2D eigenvalue weighted by Gasteiger charge is -2.27. The summed E-state index contributed by atoms with van der Waals surface area (Å²) in [7, 11) is 0. The first-order valence-electron chi connectivity index (χ1n) is 8.50. The molecule has 132 valence electrons. The smallest absolute Gasteiger partial charge is 0.411 e. The van der Waals surface area contributed by atoms with E-state index < -0.39 is 17.7 Å². The molecule has 1 aliphatic rings. The Morgan fingerprint density at radius 3 is 2.46 bits per heavy atom. The first-order valence-corrected chi connectivity index (χ1v) is 8.50. The first kappa shape index (κ1) is 18.3. The summed E-state index contributed by atoms with van der Waals surface area (Å²) in [6.45, 7) is 8.05. The molecule has 0 unspecified atom stereocenters. The van der Waals surface area contributed by atoms with Gasteiger partial charge >= 0.3 is 12.1 Å². The van der Waals surface area contributed by atoms with E-state index in [4.69, 9.17) is 9.47 Å². The van der Waals surface area contributed by atoms with Crippen LogP contribution >= 0.6 is 0 Å². The SMILES string of the molecule is CCOC(=O)[C@@H]1C[C@@H](Cc2ccccc2)CN1C(=O)OC(C)(C)C. The molecule has 2 rings (SSSR count). The molecule has 1 aromatic rings. The minimum atomic E-state index is -0.589. The van der Waals surface area contributed by atoms with Gasteiger partial charge in [0.2, 0.25) is 0 Å². The van der Waals surface area contributed by atoms with Crippen LogP contribution in [0.15, 0.2) is 30.3 Å². The molecule has 0 radical (unpaired) electrons. The van der Waals surface area contributed by atoms with Gasteiger partial charge in [-0.15, -0.1) is 0 Å². The van der Waals surface area contributed by atoms with Gasteiger partial charge in [-0.3, -0.25) is 4.90 Å². The Labute approximate surface area is 143 Å². The molecule has 0 saturated carbocycles. The molecule has 2 atom stereocenters. The fourth-order valence-electron chi connectivity index (χ4n) is 3.00. The summed E-state index contributed by atoms with van der Waals surface area (Å²) in [6.07, 6.45) is 0.986. The van der Waals surface area contributed by atoms with Gasteiger partial charge in [0, 0.05) is 6.54 Å². The number of nitrogens with zero attached hydrogens (tertiary/aromatic N) is 1. The Morgan fingerprint density at radius 1 is 1.21 bits per heavy atom. The van der Waals surface area contributed by atoms with E-state index in [1.165, 1.54) is 10.5 Å². The Balaban J connectivity index is 2.10. The highest BCUT2D eigenvalue weighted by molar-refractivity contribution is 5.82. The first-order chi connectivity index (χ1) is 11.3. The monoisotopic (exact) mass is 333 g/mol. The van der Waals surface area contributed by atoms with Gasteiger partial charge in [0.25, 0.3) is 0 Å². The minimum Gasteiger partial charge on any atom is -0.464 e. The van der Waals surface area contributed by atoms with Crippen molar-refractivity contribution in [1.29, 1.82) is 0 Å². The van der Waals surface area contributed by atoms with Crippen molar-refractivity contribution >= 4 is 12.1 Å². The van der Waals surface area contributed by atoms with Crippen molar-refractivity contribution in [2.45, 2.75) is 52.2 Å². The van der Waals surface area contributed by atoms with Crippen LogP contribution in [0.4, 0.5) is 4.79 Å². The summed E-state index contributed by atoms with van der Waals surface area (Å²) in [5.41, 5.74) is 0.615. The van der Waals surface area contributed by atoms with Crippen LogP contribution in [0.5, 0.6) is 0 Å². The second-order valence-electron chi connectivity index (χ2n) is 7.19. The zero-order chi connectivity index (χ0) is 17.7. The van der Waals surface area contributed by atoms with E-state index >= 15 is 0 Å². The number of hydrogen-bond donors (Lipinski definition) is 0. The Bertz CT molecular complexity index is 564. The van der Waals surface area contributed by atoms with Crippen molar-refractivity contribution in [2.75, 3.05) is 13.2 Å². The van der Waals surface area contributed by atoms with Gasteiger partial charge < -0.3 is 9.47 Å². The molecule has 5 nitrogen and oxygen atoms in total. The Morgan fingerprint density at radius 2 is 1.88 bits per heavy atom. The predicted molar refractivity (Wildman–Crippen MR) is 91.6 cm³/mol. The third kappa shape index (κ3) is 4.98. The maximum atomic E-state index is 12.5.